The monoisotopic (exact) mass is 258 g/mol. The molecule has 0 heterocycles. The van der Waals surface area contributed by atoms with Crippen molar-refractivity contribution in [2.45, 2.75) is 13.8 Å². The molecule has 17 heavy (non-hydrogen) atoms. The van der Waals surface area contributed by atoms with Crippen molar-refractivity contribution in [3.8, 4) is 0 Å². The van der Waals surface area contributed by atoms with Gasteiger partial charge >= 0.3 is 0 Å². The molecule has 1 aromatic carbocycles. The fourth-order valence-electron chi connectivity index (χ4n) is 1.19. The van der Waals surface area contributed by atoms with Crippen molar-refractivity contribution in [2.75, 3.05) is 11.9 Å². The van der Waals surface area contributed by atoms with E-state index >= 15 is 0 Å². The van der Waals surface area contributed by atoms with Gasteiger partial charge < -0.3 is 5.32 Å². The number of rotatable bonds is 4. The van der Waals surface area contributed by atoms with Gasteiger partial charge in [0.1, 0.15) is 11.5 Å². The molecule has 0 aliphatic heterocycles. The summed E-state index contributed by atoms with van der Waals surface area (Å²) in [5, 5.41) is 13.4. The smallest absolute Gasteiger partial charge is 0.295 e. The Kier molecular flexibility index (Phi) is 4.45. The van der Waals surface area contributed by atoms with E-state index in [1.807, 2.05) is 19.9 Å². The molecule has 0 spiro atoms. The predicted molar refractivity (Wildman–Crippen MR) is 66.0 cm³/mol. The molecule has 0 aliphatic carbocycles. The molecule has 0 saturated carbocycles. The fraction of sp³-hybridized carbons (Fsp3) is 0.273. The second kappa shape index (κ2) is 5.63. The standard InChI is InChI=1S/C11H12ClFN2O2/c1-7(2)3-4-14-10-5-8(12)9(13)6-11(10)15(16)17/h3,5-6,14H,4H2,1-2H3. The van der Waals surface area contributed by atoms with Crippen molar-refractivity contribution in [3.05, 3.63) is 44.7 Å². The van der Waals surface area contributed by atoms with Gasteiger partial charge in [0, 0.05) is 6.54 Å². The number of halogens is 2. The molecule has 92 valence electrons. The van der Waals surface area contributed by atoms with Crippen molar-refractivity contribution < 1.29 is 9.31 Å². The minimum Gasteiger partial charge on any atom is -0.376 e. The Morgan fingerprint density at radius 2 is 2.24 bits per heavy atom. The number of benzene rings is 1. The van der Waals surface area contributed by atoms with Gasteiger partial charge in [-0.3, -0.25) is 10.1 Å². The highest BCUT2D eigenvalue weighted by Gasteiger charge is 2.17. The molecule has 0 amide bonds. The summed E-state index contributed by atoms with van der Waals surface area (Å²) in [5.74, 6) is -0.800. The quantitative estimate of drug-likeness (QED) is 0.508. The summed E-state index contributed by atoms with van der Waals surface area (Å²) in [7, 11) is 0. The first kappa shape index (κ1) is 13.4. The van der Waals surface area contributed by atoms with Crippen LogP contribution >= 0.6 is 11.6 Å². The van der Waals surface area contributed by atoms with Crippen LogP contribution in [0, 0.1) is 15.9 Å². The Hall–Kier alpha value is -1.62. The van der Waals surface area contributed by atoms with Crippen LogP contribution in [0.15, 0.2) is 23.8 Å². The highest BCUT2D eigenvalue weighted by Crippen LogP contribution is 2.30. The molecule has 4 nitrogen and oxygen atoms in total. The number of nitro benzene ring substituents is 1. The van der Waals surface area contributed by atoms with E-state index in [1.165, 1.54) is 6.07 Å². The lowest BCUT2D eigenvalue weighted by Gasteiger charge is -2.06. The van der Waals surface area contributed by atoms with E-state index in [1.54, 1.807) is 0 Å². The van der Waals surface area contributed by atoms with E-state index < -0.39 is 10.7 Å². The van der Waals surface area contributed by atoms with Gasteiger partial charge in [-0.05, 0) is 19.9 Å². The zero-order valence-electron chi connectivity index (χ0n) is 9.46. The summed E-state index contributed by atoms with van der Waals surface area (Å²) in [6, 6.07) is 2.03. The predicted octanol–water partition coefficient (Wildman–Crippen LogP) is 3.77. The third kappa shape index (κ3) is 3.71. The highest BCUT2D eigenvalue weighted by molar-refractivity contribution is 6.31. The van der Waals surface area contributed by atoms with E-state index in [9.17, 15) is 14.5 Å². The molecule has 0 radical (unpaired) electrons. The van der Waals surface area contributed by atoms with Crippen LogP contribution in [0.4, 0.5) is 15.8 Å². The Balaban J connectivity index is 3.00. The van der Waals surface area contributed by atoms with Gasteiger partial charge in [-0.15, -0.1) is 0 Å². The Bertz CT molecular complexity index is 471. The summed E-state index contributed by atoms with van der Waals surface area (Å²) in [6.07, 6.45) is 1.86. The van der Waals surface area contributed by atoms with Gasteiger partial charge in [-0.1, -0.05) is 23.3 Å². The molecule has 1 N–H and O–H groups in total. The summed E-state index contributed by atoms with van der Waals surface area (Å²) in [5.41, 5.74) is 0.960. The van der Waals surface area contributed by atoms with E-state index in [0.717, 1.165) is 11.6 Å². The Morgan fingerprint density at radius 1 is 1.59 bits per heavy atom. The topological polar surface area (TPSA) is 55.2 Å². The average Bonchev–Trinajstić information content (AvgIpc) is 2.22. The molecular formula is C11H12ClFN2O2. The number of hydrogen-bond donors (Lipinski definition) is 1. The van der Waals surface area contributed by atoms with Crippen LogP contribution < -0.4 is 5.32 Å². The second-order valence-electron chi connectivity index (χ2n) is 3.70. The van der Waals surface area contributed by atoms with Crippen molar-refractivity contribution in [2.24, 2.45) is 0 Å². The molecule has 6 heteroatoms. The van der Waals surface area contributed by atoms with Crippen LogP contribution in [-0.2, 0) is 0 Å². The van der Waals surface area contributed by atoms with Crippen LogP contribution in [0.5, 0.6) is 0 Å². The fourth-order valence-corrected chi connectivity index (χ4v) is 1.36. The van der Waals surface area contributed by atoms with Crippen LogP contribution in [0.3, 0.4) is 0 Å². The van der Waals surface area contributed by atoms with E-state index in [4.69, 9.17) is 11.6 Å². The molecular weight excluding hydrogens is 247 g/mol. The van der Waals surface area contributed by atoms with Gasteiger partial charge in [-0.25, -0.2) is 4.39 Å². The van der Waals surface area contributed by atoms with Crippen molar-refractivity contribution in [1.29, 1.82) is 0 Å². The lowest BCUT2D eigenvalue weighted by atomic mass is 10.2. The molecule has 0 atom stereocenters. The van der Waals surface area contributed by atoms with Gasteiger partial charge in [0.15, 0.2) is 0 Å². The van der Waals surface area contributed by atoms with Crippen LogP contribution in [0.25, 0.3) is 0 Å². The second-order valence-corrected chi connectivity index (χ2v) is 4.11. The zero-order chi connectivity index (χ0) is 13.0. The largest absolute Gasteiger partial charge is 0.376 e. The van der Waals surface area contributed by atoms with Gasteiger partial charge in [0.25, 0.3) is 5.69 Å². The number of nitrogens with one attached hydrogen (secondary N) is 1. The van der Waals surface area contributed by atoms with Gasteiger partial charge in [-0.2, -0.15) is 0 Å². The van der Waals surface area contributed by atoms with E-state index in [0.29, 0.717) is 6.54 Å². The van der Waals surface area contributed by atoms with Crippen LogP contribution in [-0.4, -0.2) is 11.5 Å². The lowest BCUT2D eigenvalue weighted by molar-refractivity contribution is -0.384. The highest BCUT2D eigenvalue weighted by atomic mass is 35.5. The number of nitro groups is 1. The summed E-state index contributed by atoms with van der Waals surface area (Å²) in [4.78, 5) is 10.1. The normalized spacial score (nSPS) is 9.88. The maximum absolute atomic E-state index is 13.1. The van der Waals surface area contributed by atoms with Crippen molar-refractivity contribution >= 4 is 23.0 Å². The summed E-state index contributed by atoms with van der Waals surface area (Å²) >= 11 is 5.58. The zero-order valence-corrected chi connectivity index (χ0v) is 10.2. The minimum atomic E-state index is -0.800. The molecule has 0 aromatic heterocycles. The minimum absolute atomic E-state index is 0.143. The maximum atomic E-state index is 13.1. The summed E-state index contributed by atoms with van der Waals surface area (Å²) in [6.45, 7) is 4.24. The first-order valence-corrected chi connectivity index (χ1v) is 5.30. The Labute approximate surface area is 103 Å². The first-order valence-electron chi connectivity index (χ1n) is 4.92. The molecule has 0 aliphatic rings. The van der Waals surface area contributed by atoms with E-state index in [-0.39, 0.29) is 16.4 Å². The van der Waals surface area contributed by atoms with Crippen molar-refractivity contribution in [1.82, 2.24) is 0 Å². The summed E-state index contributed by atoms with van der Waals surface area (Å²) < 4.78 is 13.1. The maximum Gasteiger partial charge on any atom is 0.295 e. The average molecular weight is 259 g/mol. The number of anilines is 1. The third-order valence-corrected chi connectivity index (χ3v) is 2.33. The van der Waals surface area contributed by atoms with Crippen LogP contribution in [0.1, 0.15) is 13.8 Å². The molecule has 0 bridgehead atoms. The number of allylic oxidation sites excluding steroid dienone is 1. The van der Waals surface area contributed by atoms with Gasteiger partial charge in [0.05, 0.1) is 16.0 Å². The van der Waals surface area contributed by atoms with Crippen LogP contribution in [0.2, 0.25) is 5.02 Å². The molecule has 0 fully saturated rings. The Morgan fingerprint density at radius 3 is 2.76 bits per heavy atom. The molecule has 1 aromatic rings. The van der Waals surface area contributed by atoms with Crippen molar-refractivity contribution in [3.63, 3.8) is 0 Å². The SMILES string of the molecule is CC(C)=CCNc1cc(Cl)c(F)cc1[N+](=O)[O-]. The first-order chi connectivity index (χ1) is 7.91. The number of nitrogens with zero attached hydrogens (tertiary/aromatic N) is 1. The van der Waals surface area contributed by atoms with Gasteiger partial charge in [0.2, 0.25) is 0 Å². The molecule has 0 unspecified atom stereocenters. The lowest BCUT2D eigenvalue weighted by Crippen LogP contribution is -2.03. The molecule has 0 saturated heterocycles. The number of hydrogen-bond acceptors (Lipinski definition) is 3. The van der Waals surface area contributed by atoms with E-state index in [2.05, 4.69) is 5.32 Å². The molecule has 1 rings (SSSR count). The third-order valence-electron chi connectivity index (χ3n) is 2.04.